The van der Waals surface area contributed by atoms with Gasteiger partial charge in [-0.25, -0.2) is 0 Å². The van der Waals surface area contributed by atoms with E-state index in [-0.39, 0.29) is 0 Å². The molecule has 0 fully saturated rings. The lowest BCUT2D eigenvalue weighted by atomic mass is 9.90. The maximum Gasteiger partial charge on any atom is 0.309 e. The number of rotatable bonds is 7. The Morgan fingerprint density at radius 1 is 1.42 bits per heavy atom. The average Bonchev–Trinajstić information content (AvgIpc) is 2.38. The summed E-state index contributed by atoms with van der Waals surface area (Å²) in [5.41, 5.74) is 1.51. The molecule has 2 N–H and O–H groups in total. The van der Waals surface area contributed by atoms with Crippen molar-refractivity contribution in [3.8, 4) is 5.75 Å². The van der Waals surface area contributed by atoms with Gasteiger partial charge < -0.3 is 14.9 Å². The summed E-state index contributed by atoms with van der Waals surface area (Å²) >= 11 is 0. The fourth-order valence-corrected chi connectivity index (χ4v) is 2.16. The second-order valence-electron chi connectivity index (χ2n) is 4.76. The van der Waals surface area contributed by atoms with Crippen LogP contribution >= 0.6 is 0 Å². The molecule has 0 saturated carbocycles. The van der Waals surface area contributed by atoms with E-state index in [4.69, 9.17) is 4.74 Å². The molecular formula is C15H22O4. The van der Waals surface area contributed by atoms with Crippen LogP contribution in [-0.2, 0) is 4.79 Å². The second-order valence-corrected chi connectivity index (χ2v) is 4.76. The molecule has 106 valence electrons. The molecule has 1 aromatic rings. The molecule has 0 spiro atoms. The summed E-state index contributed by atoms with van der Waals surface area (Å²) in [5, 5.41) is 19.5. The van der Waals surface area contributed by atoms with Gasteiger partial charge in [0.2, 0.25) is 0 Å². The summed E-state index contributed by atoms with van der Waals surface area (Å²) in [6.07, 6.45) is 1.22. The minimum absolute atomic E-state index is 0.484. The van der Waals surface area contributed by atoms with E-state index in [0.717, 1.165) is 24.2 Å². The van der Waals surface area contributed by atoms with E-state index in [0.29, 0.717) is 12.0 Å². The molecule has 0 saturated heterocycles. The Morgan fingerprint density at radius 2 is 2.11 bits per heavy atom. The predicted molar refractivity (Wildman–Crippen MR) is 73.3 cm³/mol. The Kier molecular flexibility index (Phi) is 5.83. The number of ether oxygens (including phenoxy) is 1. The van der Waals surface area contributed by atoms with Gasteiger partial charge in [0.15, 0.2) is 0 Å². The van der Waals surface area contributed by atoms with E-state index in [9.17, 15) is 15.0 Å². The van der Waals surface area contributed by atoms with Crippen LogP contribution in [0, 0.1) is 12.8 Å². The Bertz CT molecular complexity index is 428. The van der Waals surface area contributed by atoms with Crippen molar-refractivity contribution in [3.63, 3.8) is 0 Å². The molecule has 2 unspecified atom stereocenters. The van der Waals surface area contributed by atoms with Gasteiger partial charge in [-0.2, -0.15) is 0 Å². The van der Waals surface area contributed by atoms with Crippen molar-refractivity contribution in [3.05, 3.63) is 29.3 Å². The van der Waals surface area contributed by atoms with Crippen LogP contribution in [0.1, 0.15) is 43.4 Å². The number of hydrogen-bond donors (Lipinski definition) is 2. The molecule has 0 aliphatic rings. The standard InChI is InChI=1S/C15H22O4/c1-4-5-6-12(15(17)18)14(16)11-7-8-13(19-3)10(2)9-11/h7-9,12,14,16H,4-6H2,1-3H3,(H,17,18). The molecule has 1 rings (SSSR count). The predicted octanol–water partition coefficient (Wildman–Crippen LogP) is 2.93. The van der Waals surface area contributed by atoms with E-state index in [1.807, 2.05) is 13.8 Å². The summed E-state index contributed by atoms with van der Waals surface area (Å²) < 4.78 is 5.15. The van der Waals surface area contributed by atoms with Gasteiger partial charge in [-0.1, -0.05) is 25.8 Å². The Morgan fingerprint density at radius 3 is 2.58 bits per heavy atom. The third-order valence-electron chi connectivity index (χ3n) is 3.33. The fourth-order valence-electron chi connectivity index (χ4n) is 2.16. The SMILES string of the molecule is CCCCC(C(=O)O)C(O)c1ccc(OC)c(C)c1. The molecule has 4 nitrogen and oxygen atoms in total. The van der Waals surface area contributed by atoms with Crippen molar-refractivity contribution in [2.75, 3.05) is 7.11 Å². The van der Waals surface area contributed by atoms with Crippen LogP contribution in [0.3, 0.4) is 0 Å². The van der Waals surface area contributed by atoms with Crippen LogP contribution in [0.5, 0.6) is 5.75 Å². The molecule has 0 bridgehead atoms. The quantitative estimate of drug-likeness (QED) is 0.796. The third-order valence-corrected chi connectivity index (χ3v) is 3.33. The summed E-state index contributed by atoms with van der Waals surface area (Å²) in [6.45, 7) is 3.87. The Hall–Kier alpha value is -1.55. The van der Waals surface area contributed by atoms with Crippen LogP contribution in [0.2, 0.25) is 0 Å². The largest absolute Gasteiger partial charge is 0.496 e. The van der Waals surface area contributed by atoms with E-state index in [2.05, 4.69) is 0 Å². The molecule has 0 radical (unpaired) electrons. The number of carbonyl (C=O) groups is 1. The zero-order chi connectivity index (χ0) is 14.4. The van der Waals surface area contributed by atoms with Gasteiger partial charge in [0.05, 0.1) is 19.1 Å². The Balaban J connectivity index is 2.92. The van der Waals surface area contributed by atoms with Gasteiger partial charge in [-0.05, 0) is 36.6 Å². The maximum atomic E-state index is 11.2. The smallest absolute Gasteiger partial charge is 0.309 e. The number of aliphatic hydroxyl groups excluding tert-OH is 1. The van der Waals surface area contributed by atoms with Gasteiger partial charge in [0.25, 0.3) is 0 Å². The van der Waals surface area contributed by atoms with Crippen molar-refractivity contribution in [1.82, 2.24) is 0 Å². The van der Waals surface area contributed by atoms with Crippen molar-refractivity contribution >= 4 is 5.97 Å². The molecule has 0 aromatic heterocycles. The summed E-state index contributed by atoms with van der Waals surface area (Å²) in [4.78, 5) is 11.2. The zero-order valence-corrected chi connectivity index (χ0v) is 11.7. The molecule has 4 heteroatoms. The van der Waals surface area contributed by atoms with Crippen LogP contribution in [0.4, 0.5) is 0 Å². The Labute approximate surface area is 114 Å². The van der Waals surface area contributed by atoms with E-state index in [1.54, 1.807) is 25.3 Å². The van der Waals surface area contributed by atoms with E-state index >= 15 is 0 Å². The van der Waals surface area contributed by atoms with Crippen molar-refractivity contribution in [2.24, 2.45) is 5.92 Å². The van der Waals surface area contributed by atoms with Crippen LogP contribution < -0.4 is 4.74 Å². The van der Waals surface area contributed by atoms with Gasteiger partial charge in [-0.3, -0.25) is 4.79 Å². The van der Waals surface area contributed by atoms with Gasteiger partial charge in [0.1, 0.15) is 5.75 Å². The first kappa shape index (κ1) is 15.5. The molecule has 0 amide bonds. The zero-order valence-electron chi connectivity index (χ0n) is 11.7. The minimum atomic E-state index is -0.978. The lowest BCUT2D eigenvalue weighted by Crippen LogP contribution is -2.22. The number of benzene rings is 1. The number of methoxy groups -OCH3 is 1. The number of aliphatic carboxylic acids is 1. The highest BCUT2D eigenvalue weighted by atomic mass is 16.5. The molecular weight excluding hydrogens is 244 g/mol. The number of aryl methyl sites for hydroxylation is 1. The topological polar surface area (TPSA) is 66.8 Å². The molecule has 0 aliphatic heterocycles. The average molecular weight is 266 g/mol. The fraction of sp³-hybridized carbons (Fsp3) is 0.533. The number of hydrogen-bond acceptors (Lipinski definition) is 3. The van der Waals surface area contributed by atoms with Crippen LogP contribution in [-0.4, -0.2) is 23.3 Å². The van der Waals surface area contributed by atoms with Crippen LogP contribution in [0.15, 0.2) is 18.2 Å². The molecule has 0 aliphatic carbocycles. The molecule has 2 atom stereocenters. The van der Waals surface area contributed by atoms with Gasteiger partial charge in [0, 0.05) is 0 Å². The second kappa shape index (κ2) is 7.14. The molecule has 0 heterocycles. The summed E-state index contributed by atoms with van der Waals surface area (Å²) in [5.74, 6) is -0.974. The third kappa shape index (κ3) is 3.96. The highest BCUT2D eigenvalue weighted by molar-refractivity contribution is 5.71. The normalized spacial score (nSPS) is 13.9. The molecule has 19 heavy (non-hydrogen) atoms. The van der Waals surface area contributed by atoms with Crippen LogP contribution in [0.25, 0.3) is 0 Å². The van der Waals surface area contributed by atoms with Crippen molar-refractivity contribution in [1.29, 1.82) is 0 Å². The lowest BCUT2D eigenvalue weighted by molar-refractivity contribution is -0.146. The van der Waals surface area contributed by atoms with E-state index < -0.39 is 18.0 Å². The van der Waals surface area contributed by atoms with Gasteiger partial charge >= 0.3 is 5.97 Å². The highest BCUT2D eigenvalue weighted by Crippen LogP contribution is 2.29. The first-order valence-electron chi connectivity index (χ1n) is 6.56. The van der Waals surface area contributed by atoms with Crippen molar-refractivity contribution < 1.29 is 19.7 Å². The first-order chi connectivity index (χ1) is 9.01. The van der Waals surface area contributed by atoms with E-state index in [1.165, 1.54) is 0 Å². The highest BCUT2D eigenvalue weighted by Gasteiger charge is 2.27. The van der Waals surface area contributed by atoms with Gasteiger partial charge in [-0.15, -0.1) is 0 Å². The number of unbranched alkanes of at least 4 members (excludes halogenated alkanes) is 1. The first-order valence-corrected chi connectivity index (χ1v) is 6.56. The minimum Gasteiger partial charge on any atom is -0.496 e. The monoisotopic (exact) mass is 266 g/mol. The lowest BCUT2D eigenvalue weighted by Gasteiger charge is -2.20. The summed E-state index contributed by atoms with van der Waals surface area (Å²) in [6, 6.07) is 5.26. The summed E-state index contributed by atoms with van der Waals surface area (Å²) in [7, 11) is 1.58. The van der Waals surface area contributed by atoms with Crippen molar-refractivity contribution in [2.45, 2.75) is 39.2 Å². The number of carboxylic acids is 1. The molecule has 1 aromatic carbocycles. The number of carboxylic acid groups (broad SMARTS) is 1. The maximum absolute atomic E-state index is 11.2. The number of aliphatic hydroxyl groups is 1.